The van der Waals surface area contributed by atoms with Gasteiger partial charge < -0.3 is 10.2 Å². The van der Waals surface area contributed by atoms with Crippen molar-refractivity contribution in [3.63, 3.8) is 0 Å². The molecule has 0 spiro atoms. The molecule has 0 bridgehead atoms. The van der Waals surface area contributed by atoms with Gasteiger partial charge in [0.15, 0.2) is 5.82 Å². The van der Waals surface area contributed by atoms with Crippen molar-refractivity contribution < 1.29 is 9.59 Å². The second-order valence-corrected chi connectivity index (χ2v) is 8.33. The third-order valence-electron chi connectivity index (χ3n) is 5.32. The number of carbonyl (C=O) groups excluding carboxylic acids is 2. The lowest BCUT2D eigenvalue weighted by molar-refractivity contribution is -0.119. The molecule has 9 heteroatoms. The molecule has 5 rings (SSSR count). The minimum absolute atomic E-state index is 0.0741. The fraction of sp³-hybridized carbons (Fsp3) is 0.350. The van der Waals surface area contributed by atoms with Gasteiger partial charge >= 0.3 is 0 Å². The molecular weight excluding hydrogens is 388 g/mol. The molecule has 3 heterocycles. The van der Waals surface area contributed by atoms with Gasteiger partial charge in [0.05, 0.1) is 10.9 Å². The average Bonchev–Trinajstić information content (AvgIpc) is 3.19. The van der Waals surface area contributed by atoms with Crippen molar-refractivity contribution in [2.45, 2.75) is 37.8 Å². The third kappa shape index (κ3) is 3.53. The van der Waals surface area contributed by atoms with E-state index in [9.17, 15) is 9.59 Å². The van der Waals surface area contributed by atoms with Gasteiger partial charge in [-0.05, 0) is 59.7 Å². The highest BCUT2D eigenvalue weighted by Gasteiger charge is 2.35. The Bertz CT molecular complexity index is 1040. The molecule has 2 aromatic heterocycles. The van der Waals surface area contributed by atoms with E-state index in [1.54, 1.807) is 11.0 Å². The SMILES string of the molecule is O=C(Nc1cccc(-c2nnnn2C2CC2)c1)[C@@H]1CCCN1C(=O)c1cccs1. The number of rotatable bonds is 5. The molecule has 2 fully saturated rings. The van der Waals surface area contributed by atoms with Gasteiger partial charge in [-0.1, -0.05) is 18.2 Å². The summed E-state index contributed by atoms with van der Waals surface area (Å²) in [7, 11) is 0. The molecule has 1 saturated heterocycles. The minimum Gasteiger partial charge on any atom is -0.326 e. The first-order valence-corrected chi connectivity index (χ1v) is 10.6. The number of tetrazole rings is 1. The first kappa shape index (κ1) is 18.0. The summed E-state index contributed by atoms with van der Waals surface area (Å²) in [5.74, 6) is 0.473. The van der Waals surface area contributed by atoms with Crippen molar-refractivity contribution in [2.75, 3.05) is 11.9 Å². The zero-order chi connectivity index (χ0) is 19.8. The van der Waals surface area contributed by atoms with Gasteiger partial charge in [0.1, 0.15) is 6.04 Å². The van der Waals surface area contributed by atoms with E-state index in [0.717, 1.165) is 24.8 Å². The van der Waals surface area contributed by atoms with E-state index in [0.29, 0.717) is 35.4 Å². The second kappa shape index (κ2) is 7.40. The highest BCUT2D eigenvalue weighted by Crippen LogP contribution is 2.36. The van der Waals surface area contributed by atoms with E-state index >= 15 is 0 Å². The topological polar surface area (TPSA) is 93.0 Å². The zero-order valence-electron chi connectivity index (χ0n) is 15.7. The van der Waals surface area contributed by atoms with Gasteiger partial charge in [-0.15, -0.1) is 16.4 Å². The van der Waals surface area contributed by atoms with Crippen molar-refractivity contribution in [3.8, 4) is 11.4 Å². The lowest BCUT2D eigenvalue weighted by Gasteiger charge is -2.23. The molecule has 1 aromatic carbocycles. The maximum atomic E-state index is 12.9. The standard InChI is InChI=1S/C20H20N6O2S/c27-19(16-6-2-10-25(16)20(28)17-7-3-11-29-17)21-14-5-1-4-13(12-14)18-22-23-24-26(18)15-8-9-15/h1,3-5,7,11-12,15-16H,2,6,8-10H2,(H,21,27)/t16-/m0/s1. The molecule has 148 valence electrons. The number of nitrogens with one attached hydrogen (secondary N) is 1. The molecule has 2 amide bonds. The highest BCUT2D eigenvalue weighted by atomic mass is 32.1. The lowest BCUT2D eigenvalue weighted by Crippen LogP contribution is -2.42. The average molecular weight is 408 g/mol. The Kier molecular flexibility index (Phi) is 4.59. The smallest absolute Gasteiger partial charge is 0.264 e. The van der Waals surface area contributed by atoms with Gasteiger partial charge in [-0.25, -0.2) is 4.68 Å². The molecule has 1 aliphatic carbocycles. The predicted molar refractivity (Wildman–Crippen MR) is 109 cm³/mol. The van der Waals surface area contributed by atoms with Crippen LogP contribution in [0.25, 0.3) is 11.4 Å². The monoisotopic (exact) mass is 408 g/mol. The van der Waals surface area contributed by atoms with E-state index in [2.05, 4.69) is 20.8 Å². The molecule has 0 unspecified atom stereocenters. The number of hydrogen-bond donors (Lipinski definition) is 1. The summed E-state index contributed by atoms with van der Waals surface area (Å²) >= 11 is 1.40. The minimum atomic E-state index is -0.454. The van der Waals surface area contributed by atoms with Crippen LogP contribution in [0, 0.1) is 0 Å². The van der Waals surface area contributed by atoms with E-state index < -0.39 is 6.04 Å². The van der Waals surface area contributed by atoms with E-state index in [1.165, 1.54) is 11.3 Å². The number of hydrogen-bond acceptors (Lipinski definition) is 6. The maximum Gasteiger partial charge on any atom is 0.264 e. The number of aromatic nitrogens is 4. The van der Waals surface area contributed by atoms with Gasteiger partial charge in [0, 0.05) is 17.8 Å². The first-order chi connectivity index (χ1) is 14.2. The van der Waals surface area contributed by atoms with Crippen LogP contribution in [-0.2, 0) is 4.79 Å². The van der Waals surface area contributed by atoms with Crippen LogP contribution in [-0.4, -0.2) is 49.5 Å². The molecule has 1 atom stereocenters. The van der Waals surface area contributed by atoms with Crippen LogP contribution in [0.1, 0.15) is 41.4 Å². The summed E-state index contributed by atoms with van der Waals surface area (Å²) in [5, 5.41) is 16.9. The van der Waals surface area contributed by atoms with Gasteiger partial charge in [0.25, 0.3) is 5.91 Å². The summed E-state index contributed by atoms with van der Waals surface area (Å²) in [4.78, 5) is 28.0. The van der Waals surface area contributed by atoms with Crippen LogP contribution in [0.4, 0.5) is 5.69 Å². The number of benzene rings is 1. The van der Waals surface area contributed by atoms with E-state index in [4.69, 9.17) is 0 Å². The number of amides is 2. The molecular formula is C20H20N6O2S. The summed E-state index contributed by atoms with van der Waals surface area (Å²) in [5.41, 5.74) is 1.53. The number of nitrogens with zero attached hydrogens (tertiary/aromatic N) is 5. The van der Waals surface area contributed by atoms with Crippen LogP contribution in [0.5, 0.6) is 0 Å². The van der Waals surface area contributed by atoms with Gasteiger partial charge in [-0.2, -0.15) is 0 Å². The molecule has 1 N–H and O–H groups in total. The predicted octanol–water partition coefficient (Wildman–Crippen LogP) is 2.98. The molecule has 3 aromatic rings. The summed E-state index contributed by atoms with van der Waals surface area (Å²) < 4.78 is 1.85. The summed E-state index contributed by atoms with van der Waals surface area (Å²) in [6.07, 6.45) is 3.67. The number of thiophene rings is 1. The van der Waals surface area contributed by atoms with Crippen molar-refractivity contribution in [1.82, 2.24) is 25.1 Å². The molecule has 1 aliphatic heterocycles. The quantitative estimate of drug-likeness (QED) is 0.701. The van der Waals surface area contributed by atoms with Crippen LogP contribution in [0.3, 0.4) is 0 Å². The van der Waals surface area contributed by atoms with Crippen LogP contribution in [0.2, 0.25) is 0 Å². The van der Waals surface area contributed by atoms with Crippen molar-refractivity contribution >= 4 is 28.8 Å². The van der Waals surface area contributed by atoms with Crippen LogP contribution < -0.4 is 5.32 Å². The van der Waals surface area contributed by atoms with Crippen LogP contribution in [0.15, 0.2) is 41.8 Å². The van der Waals surface area contributed by atoms with Crippen LogP contribution >= 0.6 is 11.3 Å². The Hall–Kier alpha value is -3.07. The highest BCUT2D eigenvalue weighted by molar-refractivity contribution is 7.12. The van der Waals surface area contributed by atoms with Gasteiger partial charge in [-0.3, -0.25) is 9.59 Å². The zero-order valence-corrected chi connectivity index (χ0v) is 16.5. The van der Waals surface area contributed by atoms with E-state index in [1.807, 2.05) is 40.4 Å². The fourth-order valence-corrected chi connectivity index (χ4v) is 4.41. The lowest BCUT2D eigenvalue weighted by atomic mass is 10.1. The van der Waals surface area contributed by atoms with Crippen molar-refractivity contribution in [2.24, 2.45) is 0 Å². The van der Waals surface area contributed by atoms with Crippen molar-refractivity contribution in [1.29, 1.82) is 0 Å². The third-order valence-corrected chi connectivity index (χ3v) is 6.18. The normalized spacial score (nSPS) is 18.8. The number of anilines is 1. The Balaban J connectivity index is 1.33. The van der Waals surface area contributed by atoms with Gasteiger partial charge in [0.2, 0.25) is 5.91 Å². The molecule has 1 saturated carbocycles. The Morgan fingerprint density at radius 2 is 2.03 bits per heavy atom. The summed E-state index contributed by atoms with van der Waals surface area (Å²) in [6, 6.07) is 11.1. The molecule has 0 radical (unpaired) electrons. The van der Waals surface area contributed by atoms with Crippen molar-refractivity contribution in [3.05, 3.63) is 46.7 Å². The maximum absolute atomic E-state index is 12.9. The molecule has 29 heavy (non-hydrogen) atoms. The number of likely N-dealkylation sites (tertiary alicyclic amines) is 1. The summed E-state index contributed by atoms with van der Waals surface area (Å²) in [6.45, 7) is 0.602. The van der Waals surface area contributed by atoms with E-state index in [-0.39, 0.29) is 11.8 Å². The first-order valence-electron chi connectivity index (χ1n) is 9.74. The molecule has 8 nitrogen and oxygen atoms in total. The number of carbonyl (C=O) groups is 2. The fourth-order valence-electron chi connectivity index (χ4n) is 3.73. The largest absolute Gasteiger partial charge is 0.326 e. The Morgan fingerprint density at radius 3 is 2.83 bits per heavy atom. The Labute approximate surface area is 171 Å². The second-order valence-electron chi connectivity index (χ2n) is 7.38. The molecule has 2 aliphatic rings. The Morgan fingerprint density at radius 1 is 1.14 bits per heavy atom.